The molecule has 0 saturated heterocycles. The van der Waals surface area contributed by atoms with Gasteiger partial charge in [-0.2, -0.15) is 0 Å². The molecule has 0 saturated carbocycles. The molecule has 0 aliphatic carbocycles. The van der Waals surface area contributed by atoms with Crippen molar-refractivity contribution < 1.29 is 19.1 Å². The van der Waals surface area contributed by atoms with Crippen LogP contribution >= 0.6 is 0 Å². The molecular weight excluding hydrogens is 258 g/mol. The molecule has 0 heterocycles. The van der Waals surface area contributed by atoms with Crippen molar-refractivity contribution in [2.24, 2.45) is 0 Å². The van der Waals surface area contributed by atoms with E-state index in [0.717, 1.165) is 5.56 Å². The van der Waals surface area contributed by atoms with Gasteiger partial charge in [0.1, 0.15) is 5.75 Å². The lowest BCUT2D eigenvalue weighted by Gasteiger charge is -2.14. The summed E-state index contributed by atoms with van der Waals surface area (Å²) in [5.74, 6) is 0.0680. The maximum Gasteiger partial charge on any atom is 0.307 e. The van der Waals surface area contributed by atoms with E-state index in [9.17, 15) is 9.59 Å². The van der Waals surface area contributed by atoms with Crippen molar-refractivity contribution in [2.45, 2.75) is 33.3 Å². The second-order valence-corrected chi connectivity index (χ2v) is 4.42. The zero-order valence-electron chi connectivity index (χ0n) is 12.1. The molecule has 1 aromatic carbocycles. The number of esters is 1. The average Bonchev–Trinajstić information content (AvgIpc) is 2.41. The highest BCUT2D eigenvalue weighted by Crippen LogP contribution is 2.13. The van der Waals surface area contributed by atoms with E-state index in [1.165, 1.54) is 0 Å². The number of benzene rings is 1. The number of nitrogens with one attached hydrogen (secondary N) is 1. The standard InChI is InChI=1S/C15H21NO4/c1-4-19-14(17)9-10-16-15(18)12(3)20-13-7-5-11(2)6-8-13/h5-8,12H,4,9-10H2,1-3H3,(H,16,18). The summed E-state index contributed by atoms with van der Waals surface area (Å²) in [6, 6.07) is 7.47. The highest BCUT2D eigenvalue weighted by Gasteiger charge is 2.14. The van der Waals surface area contributed by atoms with Crippen LogP contribution in [0.2, 0.25) is 0 Å². The molecule has 0 aromatic heterocycles. The molecule has 20 heavy (non-hydrogen) atoms. The fourth-order valence-electron chi connectivity index (χ4n) is 1.54. The van der Waals surface area contributed by atoms with Gasteiger partial charge in [-0.25, -0.2) is 0 Å². The van der Waals surface area contributed by atoms with Crippen LogP contribution in [0.1, 0.15) is 25.8 Å². The summed E-state index contributed by atoms with van der Waals surface area (Å²) in [6.45, 7) is 5.99. The van der Waals surface area contributed by atoms with Crippen molar-refractivity contribution in [3.63, 3.8) is 0 Å². The third-order valence-electron chi connectivity index (χ3n) is 2.64. The first-order valence-electron chi connectivity index (χ1n) is 6.69. The van der Waals surface area contributed by atoms with E-state index < -0.39 is 6.10 Å². The normalized spacial score (nSPS) is 11.6. The maximum absolute atomic E-state index is 11.8. The number of aryl methyl sites for hydroxylation is 1. The summed E-state index contributed by atoms with van der Waals surface area (Å²) >= 11 is 0. The van der Waals surface area contributed by atoms with Crippen LogP contribution in [-0.2, 0) is 14.3 Å². The van der Waals surface area contributed by atoms with Crippen molar-refractivity contribution >= 4 is 11.9 Å². The Balaban J connectivity index is 2.32. The zero-order valence-corrected chi connectivity index (χ0v) is 12.1. The average molecular weight is 279 g/mol. The molecule has 1 atom stereocenters. The summed E-state index contributed by atoms with van der Waals surface area (Å²) in [5.41, 5.74) is 1.13. The van der Waals surface area contributed by atoms with Gasteiger partial charge in [0.2, 0.25) is 0 Å². The molecule has 1 aromatic rings. The molecule has 1 amide bonds. The van der Waals surface area contributed by atoms with E-state index in [1.807, 2.05) is 31.2 Å². The Morgan fingerprint density at radius 3 is 2.50 bits per heavy atom. The lowest BCUT2D eigenvalue weighted by Crippen LogP contribution is -2.37. The molecule has 5 heteroatoms. The van der Waals surface area contributed by atoms with Gasteiger partial charge in [-0.05, 0) is 32.9 Å². The predicted molar refractivity (Wildman–Crippen MR) is 75.5 cm³/mol. The molecule has 0 aliphatic heterocycles. The van der Waals surface area contributed by atoms with Gasteiger partial charge in [0, 0.05) is 6.54 Å². The van der Waals surface area contributed by atoms with Crippen LogP contribution in [0, 0.1) is 6.92 Å². The summed E-state index contributed by atoms with van der Waals surface area (Å²) < 4.78 is 10.3. The quantitative estimate of drug-likeness (QED) is 0.773. The number of carbonyl (C=O) groups is 2. The molecule has 1 unspecified atom stereocenters. The lowest BCUT2D eigenvalue weighted by molar-refractivity contribution is -0.143. The van der Waals surface area contributed by atoms with Gasteiger partial charge in [-0.1, -0.05) is 17.7 Å². The Kier molecular flexibility index (Phi) is 6.56. The Hall–Kier alpha value is -2.04. The fourth-order valence-corrected chi connectivity index (χ4v) is 1.54. The second-order valence-electron chi connectivity index (χ2n) is 4.42. The highest BCUT2D eigenvalue weighted by molar-refractivity contribution is 5.81. The van der Waals surface area contributed by atoms with Crippen molar-refractivity contribution in [3.05, 3.63) is 29.8 Å². The summed E-state index contributed by atoms with van der Waals surface area (Å²) in [4.78, 5) is 22.9. The number of hydrogen-bond donors (Lipinski definition) is 1. The molecule has 0 aliphatic rings. The van der Waals surface area contributed by atoms with Gasteiger partial charge in [0.05, 0.1) is 13.0 Å². The minimum absolute atomic E-state index is 0.164. The van der Waals surface area contributed by atoms with Crippen LogP contribution in [0.3, 0.4) is 0 Å². The minimum atomic E-state index is -0.611. The number of hydrogen-bond acceptors (Lipinski definition) is 4. The van der Waals surface area contributed by atoms with E-state index >= 15 is 0 Å². The van der Waals surface area contributed by atoms with Gasteiger partial charge in [0.15, 0.2) is 6.10 Å². The van der Waals surface area contributed by atoms with Crippen LogP contribution in [0.5, 0.6) is 5.75 Å². The molecule has 1 rings (SSSR count). The van der Waals surface area contributed by atoms with Crippen LogP contribution in [0.4, 0.5) is 0 Å². The third kappa shape index (κ3) is 5.73. The monoisotopic (exact) mass is 279 g/mol. The molecule has 0 spiro atoms. The van der Waals surface area contributed by atoms with Gasteiger partial charge in [-0.3, -0.25) is 9.59 Å². The van der Waals surface area contributed by atoms with Crippen molar-refractivity contribution in [3.8, 4) is 5.75 Å². The summed E-state index contributed by atoms with van der Waals surface area (Å²) in [5, 5.41) is 2.64. The summed E-state index contributed by atoms with van der Waals surface area (Å²) in [7, 11) is 0. The second kappa shape index (κ2) is 8.19. The van der Waals surface area contributed by atoms with Crippen LogP contribution in [-0.4, -0.2) is 31.1 Å². The maximum atomic E-state index is 11.8. The third-order valence-corrected chi connectivity index (χ3v) is 2.64. The largest absolute Gasteiger partial charge is 0.481 e. The van der Waals surface area contributed by atoms with Crippen LogP contribution in [0.15, 0.2) is 24.3 Å². The highest BCUT2D eigenvalue weighted by atomic mass is 16.5. The minimum Gasteiger partial charge on any atom is -0.481 e. The van der Waals surface area contributed by atoms with Crippen molar-refractivity contribution in [1.82, 2.24) is 5.32 Å². The lowest BCUT2D eigenvalue weighted by atomic mass is 10.2. The van der Waals surface area contributed by atoms with Crippen molar-refractivity contribution in [2.75, 3.05) is 13.2 Å². The SMILES string of the molecule is CCOC(=O)CCNC(=O)C(C)Oc1ccc(C)cc1. The van der Waals surface area contributed by atoms with Gasteiger partial charge >= 0.3 is 5.97 Å². The van der Waals surface area contributed by atoms with Gasteiger partial charge in [0.25, 0.3) is 5.91 Å². The Bertz CT molecular complexity index is 442. The number of rotatable bonds is 7. The number of amides is 1. The molecule has 0 radical (unpaired) electrons. The van der Waals surface area contributed by atoms with Gasteiger partial charge in [-0.15, -0.1) is 0 Å². The first-order chi connectivity index (χ1) is 9.52. The van der Waals surface area contributed by atoms with E-state index in [2.05, 4.69) is 5.32 Å². The van der Waals surface area contributed by atoms with Gasteiger partial charge < -0.3 is 14.8 Å². The first-order valence-corrected chi connectivity index (χ1v) is 6.69. The van der Waals surface area contributed by atoms with Crippen LogP contribution < -0.4 is 10.1 Å². The Morgan fingerprint density at radius 1 is 1.25 bits per heavy atom. The fraction of sp³-hybridized carbons (Fsp3) is 0.467. The van der Waals surface area contributed by atoms with Crippen LogP contribution in [0.25, 0.3) is 0 Å². The van der Waals surface area contributed by atoms with E-state index in [1.54, 1.807) is 13.8 Å². The zero-order chi connectivity index (χ0) is 15.0. The smallest absolute Gasteiger partial charge is 0.307 e. The molecule has 0 fully saturated rings. The Labute approximate surface area is 119 Å². The van der Waals surface area contributed by atoms with E-state index in [0.29, 0.717) is 12.4 Å². The van der Waals surface area contributed by atoms with E-state index in [4.69, 9.17) is 9.47 Å². The molecular formula is C15H21NO4. The Morgan fingerprint density at radius 2 is 1.90 bits per heavy atom. The first kappa shape index (κ1) is 16.0. The van der Waals surface area contributed by atoms with Crippen molar-refractivity contribution in [1.29, 1.82) is 0 Å². The predicted octanol–water partition coefficient (Wildman–Crippen LogP) is 1.83. The number of carbonyl (C=O) groups excluding carboxylic acids is 2. The molecule has 0 bridgehead atoms. The topological polar surface area (TPSA) is 64.6 Å². The molecule has 110 valence electrons. The number of ether oxygens (including phenoxy) is 2. The summed E-state index contributed by atoms with van der Waals surface area (Å²) in [6.07, 6.45) is -0.448. The molecule has 1 N–H and O–H groups in total. The molecule has 5 nitrogen and oxygen atoms in total. The van der Waals surface area contributed by atoms with E-state index in [-0.39, 0.29) is 24.8 Å².